The topological polar surface area (TPSA) is 59.8 Å². The molecule has 0 aliphatic carbocycles. The van der Waals surface area contributed by atoms with E-state index in [1.165, 1.54) is 17.3 Å². The molecule has 0 saturated heterocycles. The summed E-state index contributed by atoms with van der Waals surface area (Å²) in [4.78, 5) is 12.2. The number of carbonyl (C=O) groups is 1. The van der Waals surface area contributed by atoms with Gasteiger partial charge >= 0.3 is 0 Å². The first-order valence-corrected chi connectivity index (χ1v) is 9.07. The van der Waals surface area contributed by atoms with Gasteiger partial charge in [0.1, 0.15) is 5.82 Å². The van der Waals surface area contributed by atoms with Crippen LogP contribution in [0.1, 0.15) is 11.4 Å². The summed E-state index contributed by atoms with van der Waals surface area (Å²) in [5, 5.41) is 12.3. The standard InChI is InChI=1S/C18H17ClN4OS/c1-12-7-9-14(10-8-12)23-13(2)21-22-18(23)25-11-17(24)20-16-6-4-3-5-15(16)19/h3-10H,11H2,1-2H3,(H,20,24). The number of anilines is 1. The third kappa shape index (κ3) is 4.21. The highest BCUT2D eigenvalue weighted by molar-refractivity contribution is 7.99. The SMILES string of the molecule is Cc1ccc(-n2c(C)nnc2SCC(=O)Nc2ccccc2Cl)cc1. The van der Waals surface area contributed by atoms with Crippen molar-refractivity contribution >= 4 is 35.0 Å². The van der Waals surface area contributed by atoms with Crippen LogP contribution in [0.25, 0.3) is 5.69 Å². The van der Waals surface area contributed by atoms with Crippen LogP contribution in [0.4, 0.5) is 5.69 Å². The van der Waals surface area contributed by atoms with E-state index in [4.69, 9.17) is 11.6 Å². The van der Waals surface area contributed by atoms with E-state index in [0.29, 0.717) is 15.9 Å². The predicted octanol–water partition coefficient (Wildman–Crippen LogP) is 4.27. The van der Waals surface area contributed by atoms with Crippen molar-refractivity contribution in [2.24, 2.45) is 0 Å². The number of para-hydroxylation sites is 1. The summed E-state index contributed by atoms with van der Waals surface area (Å²) in [5.41, 5.74) is 2.76. The van der Waals surface area contributed by atoms with Crippen LogP contribution in [-0.4, -0.2) is 26.4 Å². The molecule has 0 radical (unpaired) electrons. The first-order chi connectivity index (χ1) is 12.0. The predicted molar refractivity (Wildman–Crippen MR) is 102 cm³/mol. The fourth-order valence-electron chi connectivity index (χ4n) is 2.31. The number of benzene rings is 2. The summed E-state index contributed by atoms with van der Waals surface area (Å²) < 4.78 is 1.94. The Morgan fingerprint density at radius 3 is 2.56 bits per heavy atom. The van der Waals surface area contributed by atoms with Crippen LogP contribution in [0.5, 0.6) is 0 Å². The highest BCUT2D eigenvalue weighted by Gasteiger charge is 2.14. The number of aromatic nitrogens is 3. The molecule has 0 aliphatic heterocycles. The van der Waals surface area contributed by atoms with Crippen molar-refractivity contribution in [2.45, 2.75) is 19.0 Å². The number of halogens is 1. The average molecular weight is 373 g/mol. The maximum atomic E-state index is 12.2. The summed E-state index contributed by atoms with van der Waals surface area (Å²) in [6.07, 6.45) is 0. The third-order valence-corrected chi connectivity index (χ3v) is 4.83. The van der Waals surface area contributed by atoms with Crippen molar-refractivity contribution in [3.05, 3.63) is 64.9 Å². The van der Waals surface area contributed by atoms with Crippen LogP contribution in [0, 0.1) is 13.8 Å². The average Bonchev–Trinajstić information content (AvgIpc) is 2.97. The van der Waals surface area contributed by atoms with Gasteiger partial charge in [-0.05, 0) is 38.1 Å². The molecular formula is C18H17ClN4OS. The zero-order chi connectivity index (χ0) is 17.8. The fraction of sp³-hybridized carbons (Fsp3) is 0.167. The van der Waals surface area contributed by atoms with Gasteiger partial charge in [-0.25, -0.2) is 0 Å². The molecule has 0 bridgehead atoms. The number of rotatable bonds is 5. The van der Waals surface area contributed by atoms with E-state index >= 15 is 0 Å². The Balaban J connectivity index is 1.71. The molecule has 25 heavy (non-hydrogen) atoms. The van der Waals surface area contributed by atoms with Crippen LogP contribution in [0.3, 0.4) is 0 Å². The lowest BCUT2D eigenvalue weighted by Crippen LogP contribution is -2.14. The number of nitrogens with zero attached hydrogens (tertiary/aromatic N) is 3. The summed E-state index contributed by atoms with van der Waals surface area (Å²) in [6.45, 7) is 3.93. The van der Waals surface area contributed by atoms with Crippen molar-refractivity contribution in [3.63, 3.8) is 0 Å². The molecule has 0 aliphatic rings. The third-order valence-electron chi connectivity index (χ3n) is 3.57. The van der Waals surface area contributed by atoms with Gasteiger partial charge in [0.15, 0.2) is 5.16 Å². The molecule has 1 amide bonds. The number of amides is 1. The second kappa shape index (κ2) is 7.72. The summed E-state index contributed by atoms with van der Waals surface area (Å²) in [5.74, 6) is 0.849. The van der Waals surface area contributed by atoms with E-state index in [1.54, 1.807) is 12.1 Å². The van der Waals surface area contributed by atoms with Gasteiger partial charge in [0.05, 0.1) is 16.5 Å². The van der Waals surface area contributed by atoms with Crippen LogP contribution < -0.4 is 5.32 Å². The molecule has 0 fully saturated rings. The van der Waals surface area contributed by atoms with E-state index < -0.39 is 0 Å². The van der Waals surface area contributed by atoms with Crippen LogP contribution in [0.15, 0.2) is 53.7 Å². The molecule has 1 heterocycles. The number of aryl methyl sites for hydroxylation is 2. The molecular weight excluding hydrogens is 356 g/mol. The van der Waals surface area contributed by atoms with Crippen molar-refractivity contribution in [2.75, 3.05) is 11.1 Å². The zero-order valence-electron chi connectivity index (χ0n) is 13.9. The lowest BCUT2D eigenvalue weighted by atomic mass is 10.2. The number of hydrogen-bond donors (Lipinski definition) is 1. The van der Waals surface area contributed by atoms with E-state index in [-0.39, 0.29) is 11.7 Å². The second-order valence-corrected chi connectivity index (χ2v) is 6.87. The quantitative estimate of drug-likeness (QED) is 0.679. The largest absolute Gasteiger partial charge is 0.324 e. The molecule has 0 saturated carbocycles. The second-order valence-electron chi connectivity index (χ2n) is 5.52. The van der Waals surface area contributed by atoms with Crippen LogP contribution in [-0.2, 0) is 4.79 Å². The lowest BCUT2D eigenvalue weighted by molar-refractivity contribution is -0.113. The highest BCUT2D eigenvalue weighted by Crippen LogP contribution is 2.24. The van der Waals surface area contributed by atoms with Crippen LogP contribution >= 0.6 is 23.4 Å². The molecule has 0 spiro atoms. The summed E-state index contributed by atoms with van der Waals surface area (Å²) in [7, 11) is 0. The normalized spacial score (nSPS) is 10.7. The molecule has 7 heteroatoms. The van der Waals surface area contributed by atoms with E-state index in [9.17, 15) is 4.79 Å². The Bertz CT molecular complexity index is 892. The number of carbonyl (C=O) groups excluding carboxylic acids is 1. The van der Waals surface area contributed by atoms with Gasteiger partial charge in [-0.3, -0.25) is 9.36 Å². The van der Waals surface area contributed by atoms with Crippen molar-refractivity contribution in [3.8, 4) is 5.69 Å². The molecule has 1 aromatic heterocycles. The minimum atomic E-state index is -0.144. The van der Waals surface area contributed by atoms with Crippen molar-refractivity contribution in [1.82, 2.24) is 14.8 Å². The number of thioether (sulfide) groups is 1. The van der Waals surface area contributed by atoms with Gasteiger partial charge in [-0.15, -0.1) is 10.2 Å². The minimum absolute atomic E-state index is 0.144. The van der Waals surface area contributed by atoms with Gasteiger partial charge in [-0.1, -0.05) is 53.2 Å². The first-order valence-electron chi connectivity index (χ1n) is 7.71. The van der Waals surface area contributed by atoms with Gasteiger partial charge in [0, 0.05) is 5.69 Å². The van der Waals surface area contributed by atoms with Gasteiger partial charge in [0.2, 0.25) is 5.91 Å². The maximum absolute atomic E-state index is 12.2. The van der Waals surface area contributed by atoms with Crippen LogP contribution in [0.2, 0.25) is 5.02 Å². The lowest BCUT2D eigenvalue weighted by Gasteiger charge is -2.09. The Morgan fingerprint density at radius 2 is 1.84 bits per heavy atom. The fourth-order valence-corrected chi connectivity index (χ4v) is 3.29. The molecule has 0 atom stereocenters. The minimum Gasteiger partial charge on any atom is -0.324 e. The molecule has 5 nitrogen and oxygen atoms in total. The summed E-state index contributed by atoms with van der Waals surface area (Å²) >= 11 is 7.39. The molecule has 128 valence electrons. The Hall–Kier alpha value is -2.31. The van der Waals surface area contributed by atoms with Crippen molar-refractivity contribution < 1.29 is 4.79 Å². The van der Waals surface area contributed by atoms with Gasteiger partial charge in [0.25, 0.3) is 0 Å². The first kappa shape index (κ1) is 17.5. The molecule has 1 N–H and O–H groups in total. The van der Waals surface area contributed by atoms with Gasteiger partial charge < -0.3 is 5.32 Å². The Kier molecular flexibility index (Phi) is 5.40. The molecule has 2 aromatic carbocycles. The summed E-state index contributed by atoms with van der Waals surface area (Å²) in [6, 6.07) is 15.2. The Labute approximate surface area is 155 Å². The molecule has 0 unspecified atom stereocenters. The molecule has 3 rings (SSSR count). The maximum Gasteiger partial charge on any atom is 0.234 e. The number of hydrogen-bond acceptors (Lipinski definition) is 4. The Morgan fingerprint density at radius 1 is 1.12 bits per heavy atom. The van der Waals surface area contributed by atoms with E-state index in [0.717, 1.165) is 11.5 Å². The van der Waals surface area contributed by atoms with Crippen molar-refractivity contribution in [1.29, 1.82) is 0 Å². The number of nitrogens with one attached hydrogen (secondary N) is 1. The van der Waals surface area contributed by atoms with E-state index in [1.807, 2.05) is 54.8 Å². The highest BCUT2D eigenvalue weighted by atomic mass is 35.5. The van der Waals surface area contributed by atoms with Gasteiger partial charge in [-0.2, -0.15) is 0 Å². The smallest absolute Gasteiger partial charge is 0.234 e. The zero-order valence-corrected chi connectivity index (χ0v) is 15.4. The monoisotopic (exact) mass is 372 g/mol. The molecule has 3 aromatic rings. The van der Waals surface area contributed by atoms with E-state index in [2.05, 4.69) is 15.5 Å².